The van der Waals surface area contributed by atoms with Crippen LogP contribution in [0, 0.1) is 12.3 Å². The molecule has 2 aromatic rings. The van der Waals surface area contributed by atoms with Gasteiger partial charge in [0.25, 0.3) is 0 Å². The number of hydrogen-bond acceptors (Lipinski definition) is 2. The molecule has 190 valence electrons. The molecule has 0 N–H and O–H groups in total. The van der Waals surface area contributed by atoms with Crippen LogP contribution in [0.25, 0.3) is 0 Å². The zero-order chi connectivity index (χ0) is 27.3. The van der Waals surface area contributed by atoms with E-state index in [2.05, 4.69) is 81.5 Å². The summed E-state index contributed by atoms with van der Waals surface area (Å²) < 4.78 is 5.49. The Morgan fingerprint density at radius 2 is 1.78 bits per heavy atom. The number of benzene rings is 2. The summed E-state index contributed by atoms with van der Waals surface area (Å²) in [6, 6.07) is 16.3. The first-order valence-electron chi connectivity index (χ1n) is 11.7. The van der Waals surface area contributed by atoms with Crippen LogP contribution in [-0.4, -0.2) is 18.6 Å². The first-order chi connectivity index (χ1) is 17.3. The van der Waals surface area contributed by atoms with E-state index in [1.165, 1.54) is 10.6 Å². The molecule has 2 atom stereocenters. The van der Waals surface area contributed by atoms with Crippen molar-refractivity contribution in [1.82, 2.24) is 0 Å². The van der Waals surface area contributed by atoms with E-state index in [1.807, 2.05) is 55.5 Å². The highest BCUT2D eigenvalue weighted by atomic mass is 35.5. The number of aliphatic imine (C=N–C) groups is 1. The number of halogens is 1. The van der Waals surface area contributed by atoms with E-state index in [0.29, 0.717) is 17.5 Å². The van der Waals surface area contributed by atoms with Crippen molar-refractivity contribution < 1.29 is 4.74 Å². The van der Waals surface area contributed by atoms with Crippen molar-refractivity contribution >= 4 is 30.7 Å². The third-order valence-corrected chi connectivity index (χ3v) is 7.15. The Hall–Kier alpha value is -3.11. The second-order valence-corrected chi connectivity index (χ2v) is 9.94. The van der Waals surface area contributed by atoms with Crippen molar-refractivity contribution in [3.8, 4) is 12.3 Å². The van der Waals surface area contributed by atoms with Gasteiger partial charge >= 0.3 is 0 Å². The molecule has 0 aliphatic carbocycles. The van der Waals surface area contributed by atoms with Gasteiger partial charge in [-0.25, -0.2) is 4.99 Å². The molecule has 0 saturated heterocycles. The minimum atomic E-state index is -0.273. The zero-order valence-electron chi connectivity index (χ0n) is 22.1. The van der Waals surface area contributed by atoms with Crippen LogP contribution in [0.2, 0.25) is 5.02 Å². The lowest BCUT2D eigenvalue weighted by atomic mass is 10.1. The van der Waals surface area contributed by atoms with E-state index in [-0.39, 0.29) is 14.0 Å². The summed E-state index contributed by atoms with van der Waals surface area (Å²) >= 11 is 6.10. The quantitative estimate of drug-likeness (QED) is 0.155. The molecule has 0 fully saturated rings. The van der Waals surface area contributed by atoms with Crippen LogP contribution >= 0.6 is 19.5 Å². The Kier molecular flexibility index (Phi) is 18.4. The average molecular weight is 520 g/mol. The molecule has 4 heteroatoms. The molecule has 0 spiro atoms. The molecule has 0 aromatic heterocycles. The molecule has 2 nitrogen and oxygen atoms in total. The van der Waals surface area contributed by atoms with Gasteiger partial charge in [-0.2, -0.15) is 0 Å². The van der Waals surface area contributed by atoms with Crippen LogP contribution in [0.15, 0.2) is 116 Å². The van der Waals surface area contributed by atoms with E-state index in [4.69, 9.17) is 16.3 Å². The molecule has 2 aromatic carbocycles. The molecule has 0 bridgehead atoms. The summed E-state index contributed by atoms with van der Waals surface area (Å²) in [6.45, 7) is 23.2. The number of allylic oxidation sites excluding steroid dienone is 5. The maximum Gasteiger partial charge on any atom is 0.218 e. The highest BCUT2D eigenvalue weighted by Gasteiger charge is 2.22. The number of rotatable bonds is 7. The molecular weight excluding hydrogens is 481 g/mol. The SMILES string of the molecule is C#CC.C=C/C=C(\C=C)P(C)c1ccccc1.C=CC(C)N=C1OCc2cccc(Cl)c21.C=CCC. The van der Waals surface area contributed by atoms with Crippen LogP contribution in [0.1, 0.15) is 38.3 Å². The molecule has 1 aliphatic heterocycles. The molecule has 1 aliphatic rings. The molecule has 0 saturated carbocycles. The number of nitrogens with zero attached hydrogens (tertiary/aromatic N) is 1. The second kappa shape index (κ2) is 20.1. The van der Waals surface area contributed by atoms with Gasteiger partial charge in [0, 0.05) is 5.56 Å². The number of ether oxygens (including phenoxy) is 1. The fourth-order valence-electron chi connectivity index (χ4n) is 2.72. The fourth-order valence-corrected chi connectivity index (χ4v) is 4.52. The van der Waals surface area contributed by atoms with Crippen molar-refractivity contribution in [2.45, 2.75) is 39.8 Å². The Balaban J connectivity index is 0.000000543. The lowest BCUT2D eigenvalue weighted by molar-refractivity contribution is 0.311. The lowest BCUT2D eigenvalue weighted by Crippen LogP contribution is -2.03. The van der Waals surface area contributed by atoms with Crippen LogP contribution < -0.4 is 5.30 Å². The Morgan fingerprint density at radius 3 is 2.28 bits per heavy atom. The topological polar surface area (TPSA) is 21.6 Å². The van der Waals surface area contributed by atoms with E-state index in [0.717, 1.165) is 17.5 Å². The molecule has 2 unspecified atom stereocenters. The molecule has 36 heavy (non-hydrogen) atoms. The third-order valence-electron chi connectivity index (χ3n) is 4.66. The summed E-state index contributed by atoms with van der Waals surface area (Å²) in [6.07, 6.45) is 15.1. The van der Waals surface area contributed by atoms with Crippen molar-refractivity contribution in [3.05, 3.63) is 127 Å². The third kappa shape index (κ3) is 12.0. The highest BCUT2D eigenvalue weighted by molar-refractivity contribution is 7.69. The Bertz CT molecular complexity index is 1060. The van der Waals surface area contributed by atoms with Gasteiger partial charge in [-0.3, -0.25) is 0 Å². The normalized spacial score (nSPS) is 13.8. The summed E-state index contributed by atoms with van der Waals surface area (Å²) in [4.78, 5) is 4.39. The molecule has 0 amide bonds. The smallest absolute Gasteiger partial charge is 0.218 e. The summed E-state index contributed by atoms with van der Waals surface area (Å²) in [5.41, 5.74) is 2.02. The van der Waals surface area contributed by atoms with E-state index < -0.39 is 0 Å². The lowest BCUT2D eigenvalue weighted by Gasteiger charge is -2.12. The van der Waals surface area contributed by atoms with E-state index in [1.54, 1.807) is 13.0 Å². The van der Waals surface area contributed by atoms with Crippen molar-refractivity contribution in [2.75, 3.05) is 6.66 Å². The zero-order valence-corrected chi connectivity index (χ0v) is 23.7. The van der Waals surface area contributed by atoms with Crippen molar-refractivity contribution in [2.24, 2.45) is 4.99 Å². The van der Waals surface area contributed by atoms with Crippen LogP contribution in [0.4, 0.5) is 0 Å². The highest BCUT2D eigenvalue weighted by Crippen LogP contribution is 2.40. The Labute approximate surface area is 225 Å². The Morgan fingerprint density at radius 1 is 1.17 bits per heavy atom. The van der Waals surface area contributed by atoms with Crippen molar-refractivity contribution in [1.29, 1.82) is 0 Å². The van der Waals surface area contributed by atoms with Crippen LogP contribution in [0.5, 0.6) is 0 Å². The van der Waals surface area contributed by atoms with Gasteiger partial charge in [-0.15, -0.1) is 25.5 Å². The minimum absolute atomic E-state index is 0.0437. The first-order valence-corrected chi connectivity index (χ1v) is 13.8. The summed E-state index contributed by atoms with van der Waals surface area (Å²) in [7, 11) is -0.273. The molecule has 0 radical (unpaired) electrons. The van der Waals surface area contributed by atoms with Crippen LogP contribution in [-0.2, 0) is 11.3 Å². The van der Waals surface area contributed by atoms with Crippen LogP contribution in [0.3, 0.4) is 0 Å². The van der Waals surface area contributed by atoms with E-state index >= 15 is 0 Å². The number of fused-ring (bicyclic) bond motifs is 1. The predicted molar refractivity (Wildman–Crippen MR) is 165 cm³/mol. The molecular formula is C32H39ClNOP. The predicted octanol–water partition coefficient (Wildman–Crippen LogP) is 9.09. The van der Waals surface area contributed by atoms with Gasteiger partial charge in [0.05, 0.1) is 16.6 Å². The summed E-state index contributed by atoms with van der Waals surface area (Å²) in [5.74, 6) is 2.88. The standard InChI is InChI=1S/C13H15P.C12H12ClNO.C4H8.C3H4/c1-4-9-12(5-2)14(3)13-10-7-6-8-11-13;1-3-8(2)14-12-11-9(7-15-12)5-4-6-10(11)13;1-3-4-2;1-3-2/h4-11H,1-2H2,3H3;3-6,8H,1,7H2,2H3;3H,1,4H2,2H3;1H,2H3/b12-9+;;;. The van der Waals surface area contributed by atoms with Gasteiger partial charge in [0.15, 0.2) is 0 Å². The van der Waals surface area contributed by atoms with Gasteiger partial charge in [-0.1, -0.05) is 105 Å². The molecule has 1 heterocycles. The number of hydrogen-bond donors (Lipinski definition) is 0. The largest absolute Gasteiger partial charge is 0.473 e. The fraction of sp³-hybridized carbons (Fsp3) is 0.219. The minimum Gasteiger partial charge on any atom is -0.473 e. The van der Waals surface area contributed by atoms with Gasteiger partial charge in [-0.05, 0) is 51.5 Å². The van der Waals surface area contributed by atoms with Gasteiger partial charge in [0.1, 0.15) is 6.61 Å². The second-order valence-electron chi connectivity index (χ2n) is 7.38. The van der Waals surface area contributed by atoms with Gasteiger partial charge < -0.3 is 4.74 Å². The van der Waals surface area contributed by atoms with E-state index in [9.17, 15) is 0 Å². The first kappa shape index (κ1) is 32.9. The maximum absolute atomic E-state index is 6.10. The maximum atomic E-state index is 6.10. The van der Waals surface area contributed by atoms with Crippen molar-refractivity contribution in [3.63, 3.8) is 0 Å². The average Bonchev–Trinajstić information content (AvgIpc) is 3.32. The van der Waals surface area contributed by atoms with Gasteiger partial charge in [0.2, 0.25) is 5.90 Å². The number of terminal acetylenes is 1. The molecule has 3 rings (SSSR count). The summed E-state index contributed by atoms with van der Waals surface area (Å²) in [5, 5.41) is 3.33. The monoisotopic (exact) mass is 519 g/mol.